The second kappa shape index (κ2) is 5.43. The van der Waals surface area contributed by atoms with Gasteiger partial charge in [-0.2, -0.15) is 0 Å². The topological polar surface area (TPSA) is 74.6 Å². The molecule has 19 heavy (non-hydrogen) atoms. The second-order valence-corrected chi connectivity index (χ2v) is 5.14. The van der Waals surface area contributed by atoms with Crippen LogP contribution in [-0.4, -0.2) is 22.2 Å². The van der Waals surface area contributed by atoms with E-state index in [0.29, 0.717) is 12.0 Å². The van der Waals surface area contributed by atoms with Crippen LogP contribution in [0, 0.1) is 11.8 Å². The Kier molecular flexibility index (Phi) is 3.88. The van der Waals surface area contributed by atoms with Gasteiger partial charge in [0.05, 0.1) is 11.5 Å². The number of carbonyl (C=O) groups is 2. The quantitative estimate of drug-likeness (QED) is 0.874. The van der Waals surface area contributed by atoms with E-state index in [2.05, 4.69) is 0 Å². The van der Waals surface area contributed by atoms with Gasteiger partial charge in [0.25, 0.3) is 0 Å². The van der Waals surface area contributed by atoms with E-state index in [1.54, 1.807) is 12.1 Å². The Morgan fingerprint density at radius 3 is 2.63 bits per heavy atom. The highest BCUT2D eigenvalue weighted by atomic mass is 16.4. The molecule has 0 saturated heterocycles. The zero-order valence-electron chi connectivity index (χ0n) is 10.9. The molecule has 102 valence electrons. The lowest BCUT2D eigenvalue weighted by atomic mass is 9.76. The summed E-state index contributed by atoms with van der Waals surface area (Å²) >= 11 is 0. The van der Waals surface area contributed by atoms with Crippen molar-refractivity contribution in [1.82, 2.24) is 0 Å². The Bertz CT molecular complexity index is 507. The van der Waals surface area contributed by atoms with E-state index >= 15 is 0 Å². The predicted molar refractivity (Wildman–Crippen MR) is 70.3 cm³/mol. The van der Waals surface area contributed by atoms with Gasteiger partial charge in [-0.15, -0.1) is 0 Å². The highest BCUT2D eigenvalue weighted by Crippen LogP contribution is 2.32. The molecule has 1 aliphatic carbocycles. The van der Waals surface area contributed by atoms with Crippen LogP contribution in [0.15, 0.2) is 18.2 Å². The highest BCUT2D eigenvalue weighted by molar-refractivity contribution is 5.88. The first-order valence-electron chi connectivity index (χ1n) is 6.60. The summed E-state index contributed by atoms with van der Waals surface area (Å²) in [4.78, 5) is 22.1. The highest BCUT2D eigenvalue weighted by Gasteiger charge is 2.30. The van der Waals surface area contributed by atoms with Crippen LogP contribution in [0.3, 0.4) is 0 Å². The molecule has 0 aliphatic heterocycles. The Morgan fingerprint density at radius 1 is 1.32 bits per heavy atom. The smallest absolute Gasteiger partial charge is 0.335 e. The Morgan fingerprint density at radius 2 is 2.05 bits per heavy atom. The second-order valence-electron chi connectivity index (χ2n) is 5.14. The van der Waals surface area contributed by atoms with Gasteiger partial charge < -0.3 is 10.2 Å². The molecule has 0 amide bonds. The third-order valence-corrected chi connectivity index (χ3v) is 4.05. The van der Waals surface area contributed by atoms with Crippen molar-refractivity contribution in [2.45, 2.75) is 32.6 Å². The van der Waals surface area contributed by atoms with E-state index in [1.807, 2.05) is 13.0 Å². The summed E-state index contributed by atoms with van der Waals surface area (Å²) < 4.78 is 0. The molecule has 0 saturated carbocycles. The van der Waals surface area contributed by atoms with E-state index in [4.69, 9.17) is 5.11 Å². The Labute approximate surface area is 112 Å². The van der Waals surface area contributed by atoms with Crippen LogP contribution in [0.2, 0.25) is 0 Å². The van der Waals surface area contributed by atoms with Crippen molar-refractivity contribution < 1.29 is 19.8 Å². The fraction of sp³-hybridized carbons (Fsp3) is 0.467. The van der Waals surface area contributed by atoms with Gasteiger partial charge in [0.1, 0.15) is 0 Å². The molecule has 0 bridgehead atoms. The van der Waals surface area contributed by atoms with Crippen LogP contribution < -0.4 is 0 Å². The first-order chi connectivity index (χ1) is 9.02. The molecule has 2 atom stereocenters. The van der Waals surface area contributed by atoms with Gasteiger partial charge in [-0.1, -0.05) is 13.0 Å². The van der Waals surface area contributed by atoms with Crippen LogP contribution in [0.25, 0.3) is 0 Å². The summed E-state index contributed by atoms with van der Waals surface area (Å²) in [6.07, 6.45) is 2.97. The van der Waals surface area contributed by atoms with Crippen molar-refractivity contribution in [2.75, 3.05) is 0 Å². The number of rotatable bonds is 4. The number of aliphatic carboxylic acids is 1. The van der Waals surface area contributed by atoms with Gasteiger partial charge in [-0.05, 0) is 54.9 Å². The minimum Gasteiger partial charge on any atom is -0.481 e. The van der Waals surface area contributed by atoms with Crippen LogP contribution in [-0.2, 0) is 17.6 Å². The van der Waals surface area contributed by atoms with Crippen molar-refractivity contribution in [3.8, 4) is 0 Å². The summed E-state index contributed by atoms with van der Waals surface area (Å²) in [6, 6.07) is 5.15. The van der Waals surface area contributed by atoms with Crippen molar-refractivity contribution in [3.63, 3.8) is 0 Å². The number of carboxylic acid groups (broad SMARTS) is 2. The number of hydrogen-bond acceptors (Lipinski definition) is 2. The monoisotopic (exact) mass is 262 g/mol. The fourth-order valence-corrected chi connectivity index (χ4v) is 2.97. The lowest BCUT2D eigenvalue weighted by molar-refractivity contribution is -0.144. The maximum atomic E-state index is 11.2. The summed E-state index contributed by atoms with van der Waals surface area (Å²) in [5.74, 6) is -1.78. The maximum absolute atomic E-state index is 11.2. The number of benzene rings is 1. The van der Waals surface area contributed by atoms with Gasteiger partial charge >= 0.3 is 11.9 Å². The molecule has 4 heteroatoms. The van der Waals surface area contributed by atoms with E-state index < -0.39 is 11.9 Å². The predicted octanol–water partition coefficient (Wildman–Crippen LogP) is 2.60. The maximum Gasteiger partial charge on any atom is 0.335 e. The number of carboxylic acids is 2. The van der Waals surface area contributed by atoms with Crippen molar-refractivity contribution in [1.29, 1.82) is 0 Å². The molecule has 2 rings (SSSR count). The van der Waals surface area contributed by atoms with Crippen molar-refractivity contribution in [3.05, 3.63) is 34.9 Å². The first-order valence-corrected chi connectivity index (χ1v) is 6.60. The lowest BCUT2D eigenvalue weighted by Crippen LogP contribution is -2.28. The molecule has 0 heterocycles. The van der Waals surface area contributed by atoms with Crippen LogP contribution in [0.1, 0.15) is 41.3 Å². The fourth-order valence-electron chi connectivity index (χ4n) is 2.97. The zero-order chi connectivity index (χ0) is 14.0. The lowest BCUT2D eigenvalue weighted by Gasteiger charge is -2.28. The number of fused-ring (bicyclic) bond motifs is 1. The number of aryl methyl sites for hydroxylation is 1. The SMILES string of the molecule is CCC(C(=O)O)C1CCc2cc(C(=O)O)ccc2C1. The number of aromatic carboxylic acids is 1. The molecule has 2 unspecified atom stereocenters. The molecule has 0 radical (unpaired) electrons. The minimum absolute atomic E-state index is 0.158. The summed E-state index contributed by atoms with van der Waals surface area (Å²) in [5.41, 5.74) is 2.46. The average molecular weight is 262 g/mol. The van der Waals surface area contributed by atoms with Gasteiger partial charge in [-0.3, -0.25) is 4.79 Å². The van der Waals surface area contributed by atoms with E-state index in [1.165, 1.54) is 0 Å². The van der Waals surface area contributed by atoms with Gasteiger partial charge in [0.2, 0.25) is 0 Å². The van der Waals surface area contributed by atoms with Crippen molar-refractivity contribution in [2.24, 2.45) is 11.8 Å². The van der Waals surface area contributed by atoms with Crippen molar-refractivity contribution >= 4 is 11.9 Å². The summed E-state index contributed by atoms with van der Waals surface area (Å²) in [6.45, 7) is 1.90. The van der Waals surface area contributed by atoms with Gasteiger partial charge in [0.15, 0.2) is 0 Å². The normalized spacial score (nSPS) is 19.5. The van der Waals surface area contributed by atoms with Gasteiger partial charge in [0, 0.05) is 0 Å². The molecule has 0 spiro atoms. The molecule has 0 fully saturated rings. The summed E-state index contributed by atoms with van der Waals surface area (Å²) in [5, 5.41) is 18.2. The first kappa shape index (κ1) is 13.6. The molecule has 1 aromatic rings. The third-order valence-electron chi connectivity index (χ3n) is 4.05. The molecular formula is C15H18O4. The largest absolute Gasteiger partial charge is 0.481 e. The molecular weight excluding hydrogens is 244 g/mol. The Hall–Kier alpha value is -1.84. The summed E-state index contributed by atoms with van der Waals surface area (Å²) in [7, 11) is 0. The van der Waals surface area contributed by atoms with E-state index in [9.17, 15) is 14.7 Å². The minimum atomic E-state index is -0.915. The molecule has 1 aromatic carbocycles. The van der Waals surface area contributed by atoms with E-state index in [0.717, 1.165) is 30.4 Å². The molecule has 4 nitrogen and oxygen atoms in total. The van der Waals surface area contributed by atoms with Gasteiger partial charge in [-0.25, -0.2) is 4.79 Å². The Balaban J connectivity index is 2.21. The van der Waals surface area contributed by atoms with Crippen LogP contribution in [0.5, 0.6) is 0 Å². The molecule has 1 aliphatic rings. The van der Waals surface area contributed by atoms with Crippen LogP contribution in [0.4, 0.5) is 0 Å². The zero-order valence-corrected chi connectivity index (χ0v) is 10.9. The standard InChI is InChI=1S/C15H18O4/c1-2-13(15(18)19)11-5-3-10-8-12(14(16)17)6-4-9(10)7-11/h4,6,8,11,13H,2-3,5,7H2,1H3,(H,16,17)(H,18,19). The average Bonchev–Trinajstić information content (AvgIpc) is 2.38. The van der Waals surface area contributed by atoms with E-state index in [-0.39, 0.29) is 11.8 Å². The number of hydrogen-bond donors (Lipinski definition) is 2. The molecule has 2 N–H and O–H groups in total. The third kappa shape index (κ3) is 2.78. The molecule has 0 aromatic heterocycles. The van der Waals surface area contributed by atoms with Crippen LogP contribution >= 0.6 is 0 Å².